The lowest BCUT2D eigenvalue weighted by Gasteiger charge is -2.29. The van der Waals surface area contributed by atoms with E-state index in [4.69, 9.17) is 11.6 Å². The highest BCUT2D eigenvalue weighted by Crippen LogP contribution is 2.36. The van der Waals surface area contributed by atoms with Crippen LogP contribution in [-0.2, 0) is 10.0 Å². The van der Waals surface area contributed by atoms with E-state index >= 15 is 0 Å². The first-order chi connectivity index (χ1) is 13.9. The molecule has 0 amide bonds. The van der Waals surface area contributed by atoms with E-state index in [0.717, 1.165) is 5.01 Å². The van der Waals surface area contributed by atoms with Gasteiger partial charge in [0, 0.05) is 36.0 Å². The molecule has 0 radical (unpaired) electrons. The van der Waals surface area contributed by atoms with Crippen molar-refractivity contribution in [3.63, 3.8) is 0 Å². The van der Waals surface area contributed by atoms with E-state index in [1.54, 1.807) is 23.6 Å². The smallest absolute Gasteiger partial charge is 0.258 e. The van der Waals surface area contributed by atoms with Gasteiger partial charge in [-0.15, -0.1) is 22.7 Å². The SMILES string of the molecule is O=[N+]([O-])c1cc(-c2csc(C3CCN(S(=O)(=O)c4cccs4)CC3)n2)ccc1Cl. The maximum Gasteiger partial charge on any atom is 0.288 e. The first-order valence-corrected chi connectivity index (χ1v) is 12.4. The molecule has 0 spiro atoms. The number of piperidine rings is 1. The van der Waals surface area contributed by atoms with Crippen LogP contribution in [-0.4, -0.2) is 35.7 Å². The minimum absolute atomic E-state index is 0.0912. The molecule has 1 aliphatic rings. The Morgan fingerprint density at radius 1 is 1.21 bits per heavy atom. The number of hydrogen-bond donors (Lipinski definition) is 0. The Hall–Kier alpha value is -1.85. The predicted molar refractivity (Wildman–Crippen MR) is 114 cm³/mol. The molecule has 1 fully saturated rings. The van der Waals surface area contributed by atoms with Gasteiger partial charge in [-0.05, 0) is 30.4 Å². The molecule has 3 heterocycles. The molecule has 11 heteroatoms. The highest BCUT2D eigenvalue weighted by Gasteiger charge is 2.31. The van der Waals surface area contributed by atoms with Crippen LogP contribution >= 0.6 is 34.3 Å². The van der Waals surface area contributed by atoms with E-state index in [-0.39, 0.29) is 16.6 Å². The summed E-state index contributed by atoms with van der Waals surface area (Å²) in [5, 5.41) is 15.8. The summed E-state index contributed by atoms with van der Waals surface area (Å²) in [5.74, 6) is 0.172. The van der Waals surface area contributed by atoms with Crippen molar-refractivity contribution < 1.29 is 13.3 Å². The Morgan fingerprint density at radius 3 is 2.62 bits per heavy atom. The third kappa shape index (κ3) is 4.08. The summed E-state index contributed by atoms with van der Waals surface area (Å²) >= 11 is 8.61. The van der Waals surface area contributed by atoms with Crippen LogP contribution in [0.4, 0.5) is 5.69 Å². The first-order valence-electron chi connectivity index (χ1n) is 8.79. The third-order valence-electron chi connectivity index (χ3n) is 4.85. The maximum atomic E-state index is 12.7. The number of aromatic nitrogens is 1. The second kappa shape index (κ2) is 8.11. The Kier molecular flexibility index (Phi) is 5.71. The van der Waals surface area contributed by atoms with Crippen LogP contribution in [0.5, 0.6) is 0 Å². The summed E-state index contributed by atoms with van der Waals surface area (Å²) in [6.45, 7) is 0.901. The van der Waals surface area contributed by atoms with Crippen molar-refractivity contribution in [1.29, 1.82) is 0 Å². The Balaban J connectivity index is 1.48. The van der Waals surface area contributed by atoms with Crippen LogP contribution in [0.2, 0.25) is 5.02 Å². The summed E-state index contributed by atoms with van der Waals surface area (Å²) in [7, 11) is -3.42. The molecule has 152 valence electrons. The molecule has 0 saturated carbocycles. The van der Waals surface area contributed by atoms with E-state index in [2.05, 4.69) is 4.98 Å². The van der Waals surface area contributed by atoms with Crippen molar-refractivity contribution in [2.75, 3.05) is 13.1 Å². The summed E-state index contributed by atoms with van der Waals surface area (Å²) in [6.07, 6.45) is 1.39. The zero-order valence-electron chi connectivity index (χ0n) is 15.0. The molecule has 1 aromatic carbocycles. The van der Waals surface area contributed by atoms with Crippen molar-refractivity contribution in [2.45, 2.75) is 23.0 Å². The second-order valence-corrected chi connectivity index (χ2v) is 11.0. The van der Waals surface area contributed by atoms with Crippen LogP contribution < -0.4 is 0 Å². The number of benzene rings is 1. The van der Waals surface area contributed by atoms with Crippen LogP contribution in [0.25, 0.3) is 11.3 Å². The highest BCUT2D eigenvalue weighted by atomic mass is 35.5. The Morgan fingerprint density at radius 2 is 1.97 bits per heavy atom. The van der Waals surface area contributed by atoms with Crippen molar-refractivity contribution in [1.82, 2.24) is 9.29 Å². The Bertz CT molecular complexity index is 1140. The zero-order valence-corrected chi connectivity index (χ0v) is 18.2. The van der Waals surface area contributed by atoms with Gasteiger partial charge in [-0.25, -0.2) is 13.4 Å². The number of thiazole rings is 1. The highest BCUT2D eigenvalue weighted by molar-refractivity contribution is 7.91. The van der Waals surface area contributed by atoms with Crippen LogP contribution in [0, 0.1) is 10.1 Å². The van der Waals surface area contributed by atoms with Gasteiger partial charge in [0.1, 0.15) is 9.23 Å². The number of nitro benzene ring substituents is 1. The number of nitro groups is 1. The maximum absolute atomic E-state index is 12.7. The fraction of sp³-hybridized carbons (Fsp3) is 0.278. The van der Waals surface area contributed by atoms with E-state index in [0.29, 0.717) is 41.4 Å². The third-order valence-corrected chi connectivity index (χ3v) is 9.45. The predicted octanol–water partition coefficient (Wildman–Crippen LogP) is 5.00. The summed E-state index contributed by atoms with van der Waals surface area (Å²) in [6, 6.07) is 8.01. The lowest BCUT2D eigenvalue weighted by Crippen LogP contribution is -2.37. The molecule has 1 saturated heterocycles. The van der Waals surface area contributed by atoms with Crippen molar-refractivity contribution in [3.05, 3.63) is 61.2 Å². The Labute approximate surface area is 180 Å². The summed E-state index contributed by atoms with van der Waals surface area (Å²) in [4.78, 5) is 15.3. The van der Waals surface area contributed by atoms with E-state index in [1.807, 2.05) is 5.38 Å². The fourth-order valence-corrected chi connectivity index (χ4v) is 7.10. The number of sulfonamides is 1. The lowest BCUT2D eigenvalue weighted by atomic mass is 9.99. The minimum Gasteiger partial charge on any atom is -0.258 e. The largest absolute Gasteiger partial charge is 0.288 e. The van der Waals surface area contributed by atoms with E-state index < -0.39 is 14.9 Å². The quantitative estimate of drug-likeness (QED) is 0.387. The van der Waals surface area contributed by atoms with Gasteiger partial charge in [0.2, 0.25) is 0 Å². The average molecular weight is 470 g/mol. The number of halogens is 1. The molecule has 3 aromatic rings. The fourth-order valence-electron chi connectivity index (χ4n) is 3.30. The summed E-state index contributed by atoms with van der Waals surface area (Å²) in [5.41, 5.74) is 1.16. The molecule has 0 aliphatic carbocycles. The molecule has 1 aliphatic heterocycles. The molecule has 29 heavy (non-hydrogen) atoms. The van der Waals surface area contributed by atoms with Gasteiger partial charge >= 0.3 is 0 Å². The molecule has 0 unspecified atom stereocenters. The monoisotopic (exact) mass is 469 g/mol. The molecule has 0 bridgehead atoms. The van der Waals surface area contributed by atoms with Gasteiger partial charge in [-0.1, -0.05) is 23.7 Å². The topological polar surface area (TPSA) is 93.4 Å². The average Bonchev–Trinajstić information content (AvgIpc) is 3.41. The molecule has 4 rings (SSSR count). The molecule has 7 nitrogen and oxygen atoms in total. The lowest BCUT2D eigenvalue weighted by molar-refractivity contribution is -0.384. The molecule has 0 atom stereocenters. The van der Waals surface area contributed by atoms with Crippen LogP contribution in [0.3, 0.4) is 0 Å². The van der Waals surface area contributed by atoms with Crippen molar-refractivity contribution in [3.8, 4) is 11.3 Å². The van der Waals surface area contributed by atoms with Crippen molar-refractivity contribution >= 4 is 50.0 Å². The minimum atomic E-state index is -3.42. The zero-order chi connectivity index (χ0) is 20.6. The van der Waals surface area contributed by atoms with Gasteiger partial charge in [-0.2, -0.15) is 4.31 Å². The van der Waals surface area contributed by atoms with Gasteiger partial charge in [0.25, 0.3) is 15.7 Å². The standard InChI is InChI=1S/C18H16ClN3O4S3/c19-14-4-3-13(10-16(14)22(23)24)15-11-28-18(20-15)12-5-7-21(8-6-12)29(25,26)17-2-1-9-27-17/h1-4,9-12H,5-8H2. The van der Waals surface area contributed by atoms with E-state index in [1.165, 1.54) is 39.1 Å². The molecular weight excluding hydrogens is 454 g/mol. The molecule has 0 N–H and O–H groups in total. The number of rotatable bonds is 5. The van der Waals surface area contributed by atoms with Gasteiger partial charge in [0.05, 0.1) is 15.6 Å². The second-order valence-electron chi connectivity index (χ2n) is 6.60. The number of hydrogen-bond acceptors (Lipinski definition) is 7. The first kappa shape index (κ1) is 20.4. The van der Waals surface area contributed by atoms with Crippen LogP contribution in [0.1, 0.15) is 23.8 Å². The van der Waals surface area contributed by atoms with Gasteiger partial charge in [0.15, 0.2) is 0 Å². The molecular formula is C18H16ClN3O4S3. The normalized spacial score (nSPS) is 16.2. The molecule has 2 aromatic heterocycles. The van der Waals surface area contributed by atoms with Crippen LogP contribution in [0.15, 0.2) is 45.3 Å². The van der Waals surface area contributed by atoms with Gasteiger partial charge in [-0.3, -0.25) is 10.1 Å². The summed E-state index contributed by atoms with van der Waals surface area (Å²) < 4.78 is 27.2. The van der Waals surface area contributed by atoms with E-state index in [9.17, 15) is 18.5 Å². The van der Waals surface area contributed by atoms with Gasteiger partial charge < -0.3 is 0 Å². The number of thiophene rings is 1. The van der Waals surface area contributed by atoms with Crippen molar-refractivity contribution in [2.24, 2.45) is 0 Å². The number of nitrogens with zero attached hydrogens (tertiary/aromatic N) is 3.